The third-order valence-electron chi connectivity index (χ3n) is 1.15. The Morgan fingerprint density at radius 2 is 1.91 bits per heavy atom. The van der Waals surface area contributed by atoms with Crippen molar-refractivity contribution < 1.29 is 4.52 Å². The van der Waals surface area contributed by atoms with Crippen LogP contribution in [0.5, 0.6) is 0 Å². The molecule has 1 aromatic heterocycles. The summed E-state index contributed by atoms with van der Waals surface area (Å²) in [5.41, 5.74) is 1.54. The molecule has 0 aliphatic carbocycles. The minimum absolute atomic E-state index is 0.734. The normalized spacial score (nSPS) is 8.91. The van der Waals surface area contributed by atoms with Crippen molar-refractivity contribution in [3.8, 4) is 0 Å². The summed E-state index contributed by atoms with van der Waals surface area (Å²) in [7, 11) is 0. The summed E-state index contributed by atoms with van der Waals surface area (Å²) in [6, 6.07) is 7.46. The lowest BCUT2D eigenvalue weighted by molar-refractivity contribution is 0.424. The molecule has 0 aliphatic heterocycles. The van der Waals surface area contributed by atoms with Gasteiger partial charge in [0.15, 0.2) is 5.58 Å². The zero-order chi connectivity index (χ0) is 8.10. The van der Waals surface area contributed by atoms with Gasteiger partial charge in [-0.2, -0.15) is 0 Å². The SMILES string of the molecule is CC.c1ccc2onnc2c1. The quantitative estimate of drug-likeness (QED) is 0.578. The summed E-state index contributed by atoms with van der Waals surface area (Å²) in [5.74, 6) is 0. The molecule has 3 nitrogen and oxygen atoms in total. The standard InChI is InChI=1S/C6H4N2O.C2H6/c1-2-4-6-5(3-1)7-8-9-6;1-2/h1-4H;1-2H3. The Morgan fingerprint density at radius 1 is 1.18 bits per heavy atom. The van der Waals surface area contributed by atoms with Crippen LogP contribution in [0.2, 0.25) is 0 Å². The molecular weight excluding hydrogens is 140 g/mol. The van der Waals surface area contributed by atoms with Crippen LogP contribution in [-0.2, 0) is 0 Å². The number of fused-ring (bicyclic) bond motifs is 1. The maximum absolute atomic E-state index is 4.76. The largest absolute Gasteiger partial charge is 0.337 e. The van der Waals surface area contributed by atoms with Gasteiger partial charge in [0.25, 0.3) is 0 Å². The Hall–Kier alpha value is -1.38. The van der Waals surface area contributed by atoms with Gasteiger partial charge in [0.05, 0.1) is 0 Å². The maximum atomic E-state index is 4.76. The first-order valence-electron chi connectivity index (χ1n) is 3.64. The van der Waals surface area contributed by atoms with E-state index in [4.69, 9.17) is 4.52 Å². The third kappa shape index (κ3) is 1.55. The lowest BCUT2D eigenvalue weighted by Gasteiger charge is -1.76. The molecule has 3 heteroatoms. The molecule has 0 aliphatic rings. The lowest BCUT2D eigenvalue weighted by Crippen LogP contribution is -1.63. The van der Waals surface area contributed by atoms with Gasteiger partial charge >= 0.3 is 0 Å². The number of nitrogens with zero attached hydrogens (tertiary/aromatic N) is 2. The average Bonchev–Trinajstić information content (AvgIpc) is 2.55. The zero-order valence-electron chi connectivity index (χ0n) is 6.61. The number of hydrogen-bond donors (Lipinski definition) is 0. The smallest absolute Gasteiger partial charge is 0.187 e. The molecule has 0 N–H and O–H groups in total. The highest BCUT2D eigenvalue weighted by Gasteiger charge is 1.93. The van der Waals surface area contributed by atoms with Crippen LogP contribution in [0.4, 0.5) is 0 Å². The lowest BCUT2D eigenvalue weighted by atomic mass is 10.3. The van der Waals surface area contributed by atoms with E-state index in [1.54, 1.807) is 0 Å². The number of rotatable bonds is 0. The van der Waals surface area contributed by atoms with E-state index < -0.39 is 0 Å². The Kier molecular flexibility index (Phi) is 2.60. The molecule has 0 saturated carbocycles. The molecule has 2 rings (SSSR count). The van der Waals surface area contributed by atoms with Crippen LogP contribution in [0.3, 0.4) is 0 Å². The molecule has 1 aromatic carbocycles. The Balaban J connectivity index is 0.000000281. The predicted octanol–water partition coefficient (Wildman–Crippen LogP) is 2.25. The van der Waals surface area contributed by atoms with Crippen LogP contribution >= 0.6 is 0 Å². The number of hydrogen-bond acceptors (Lipinski definition) is 3. The first-order valence-corrected chi connectivity index (χ1v) is 3.64. The molecule has 58 valence electrons. The highest BCUT2D eigenvalue weighted by Crippen LogP contribution is 2.06. The molecule has 0 bridgehead atoms. The van der Waals surface area contributed by atoms with Crippen LogP contribution in [0, 0.1) is 0 Å². The van der Waals surface area contributed by atoms with Gasteiger partial charge in [0.2, 0.25) is 0 Å². The fraction of sp³-hybridized carbons (Fsp3) is 0.250. The van der Waals surface area contributed by atoms with E-state index in [2.05, 4.69) is 10.4 Å². The molecule has 11 heavy (non-hydrogen) atoms. The zero-order valence-corrected chi connectivity index (χ0v) is 6.61. The van der Waals surface area contributed by atoms with E-state index in [1.165, 1.54) is 0 Å². The molecule has 0 unspecified atom stereocenters. The fourth-order valence-corrected chi connectivity index (χ4v) is 0.725. The predicted molar refractivity (Wildman–Crippen MR) is 43.2 cm³/mol. The van der Waals surface area contributed by atoms with Gasteiger partial charge in [-0.05, 0) is 12.1 Å². The second kappa shape index (κ2) is 3.71. The number of para-hydroxylation sites is 1. The highest BCUT2D eigenvalue weighted by molar-refractivity contribution is 5.70. The van der Waals surface area contributed by atoms with Crippen molar-refractivity contribution in [1.82, 2.24) is 10.4 Å². The van der Waals surface area contributed by atoms with Crippen molar-refractivity contribution >= 4 is 11.1 Å². The second-order valence-corrected chi connectivity index (χ2v) is 1.74. The molecule has 0 amide bonds. The van der Waals surface area contributed by atoms with Crippen molar-refractivity contribution in [2.24, 2.45) is 0 Å². The van der Waals surface area contributed by atoms with Gasteiger partial charge in [0.1, 0.15) is 5.52 Å². The Bertz CT molecular complexity index is 286. The fourth-order valence-electron chi connectivity index (χ4n) is 0.725. The molecule has 0 atom stereocenters. The van der Waals surface area contributed by atoms with E-state index in [0.717, 1.165) is 11.1 Å². The van der Waals surface area contributed by atoms with Crippen molar-refractivity contribution in [2.45, 2.75) is 13.8 Å². The van der Waals surface area contributed by atoms with Crippen molar-refractivity contribution in [1.29, 1.82) is 0 Å². The van der Waals surface area contributed by atoms with Crippen LogP contribution in [-0.4, -0.2) is 10.4 Å². The van der Waals surface area contributed by atoms with Gasteiger partial charge in [-0.25, -0.2) is 0 Å². The summed E-state index contributed by atoms with van der Waals surface area (Å²) in [5, 5.41) is 7.08. The topological polar surface area (TPSA) is 38.9 Å². The summed E-state index contributed by atoms with van der Waals surface area (Å²) in [4.78, 5) is 0. The van der Waals surface area contributed by atoms with Crippen molar-refractivity contribution in [3.05, 3.63) is 24.3 Å². The van der Waals surface area contributed by atoms with Crippen LogP contribution in [0.15, 0.2) is 28.8 Å². The van der Waals surface area contributed by atoms with E-state index in [9.17, 15) is 0 Å². The Labute approximate surface area is 65.0 Å². The molecule has 1 heterocycles. The molecule has 0 spiro atoms. The summed E-state index contributed by atoms with van der Waals surface area (Å²) in [6.07, 6.45) is 0. The monoisotopic (exact) mass is 150 g/mol. The minimum atomic E-state index is 0.734. The van der Waals surface area contributed by atoms with Crippen LogP contribution < -0.4 is 0 Å². The molecule has 2 aromatic rings. The first kappa shape index (κ1) is 7.72. The summed E-state index contributed by atoms with van der Waals surface area (Å²) in [6.45, 7) is 4.00. The van der Waals surface area contributed by atoms with Gasteiger partial charge in [-0.3, -0.25) is 0 Å². The molecular formula is C8H10N2O. The summed E-state index contributed by atoms with van der Waals surface area (Å²) < 4.78 is 4.76. The first-order chi connectivity index (χ1) is 5.47. The number of benzene rings is 1. The minimum Gasteiger partial charge on any atom is -0.337 e. The average molecular weight is 150 g/mol. The third-order valence-corrected chi connectivity index (χ3v) is 1.15. The highest BCUT2D eigenvalue weighted by atomic mass is 16.5. The molecule has 0 saturated heterocycles. The van der Waals surface area contributed by atoms with Gasteiger partial charge in [-0.15, -0.1) is 5.10 Å². The van der Waals surface area contributed by atoms with E-state index >= 15 is 0 Å². The summed E-state index contributed by atoms with van der Waals surface area (Å²) >= 11 is 0. The maximum Gasteiger partial charge on any atom is 0.187 e. The number of aromatic nitrogens is 2. The van der Waals surface area contributed by atoms with E-state index in [-0.39, 0.29) is 0 Å². The molecule has 0 fully saturated rings. The van der Waals surface area contributed by atoms with Crippen LogP contribution in [0.1, 0.15) is 13.8 Å². The van der Waals surface area contributed by atoms with Crippen LogP contribution in [0.25, 0.3) is 11.1 Å². The van der Waals surface area contributed by atoms with E-state index in [0.29, 0.717) is 0 Å². The van der Waals surface area contributed by atoms with Crippen molar-refractivity contribution in [3.63, 3.8) is 0 Å². The molecule has 0 radical (unpaired) electrons. The Morgan fingerprint density at radius 3 is 2.64 bits per heavy atom. The second-order valence-electron chi connectivity index (χ2n) is 1.74. The van der Waals surface area contributed by atoms with E-state index in [1.807, 2.05) is 38.1 Å². The van der Waals surface area contributed by atoms with Gasteiger partial charge in [0, 0.05) is 5.27 Å². The van der Waals surface area contributed by atoms with Crippen molar-refractivity contribution in [2.75, 3.05) is 0 Å². The van der Waals surface area contributed by atoms with Gasteiger partial charge in [-0.1, -0.05) is 26.0 Å². The van der Waals surface area contributed by atoms with Gasteiger partial charge < -0.3 is 4.52 Å².